The Morgan fingerprint density at radius 1 is 1.14 bits per heavy atom. The zero-order chi connectivity index (χ0) is 30.2. The number of sulfonamides is 2. The van der Waals surface area contributed by atoms with E-state index < -0.39 is 31.8 Å². The molecule has 222 valence electrons. The van der Waals surface area contributed by atoms with Gasteiger partial charge in [-0.2, -0.15) is 0 Å². The van der Waals surface area contributed by atoms with Gasteiger partial charge in [-0.1, -0.05) is 6.07 Å². The van der Waals surface area contributed by atoms with Gasteiger partial charge in [0.1, 0.15) is 22.9 Å². The number of carbonyl (C=O) groups excluding carboxylic acids is 1. The molecule has 1 aliphatic rings. The number of amides is 1. The normalized spacial score (nSPS) is 16.4. The van der Waals surface area contributed by atoms with E-state index in [-0.39, 0.29) is 35.1 Å². The van der Waals surface area contributed by atoms with Crippen LogP contribution in [-0.2, 0) is 25.8 Å². The molecule has 4 aromatic rings. The molecule has 0 aliphatic carbocycles. The molecule has 3 heterocycles. The molecule has 42 heavy (non-hydrogen) atoms. The van der Waals surface area contributed by atoms with Crippen LogP contribution in [0.5, 0.6) is 0 Å². The van der Waals surface area contributed by atoms with Gasteiger partial charge in [0, 0.05) is 50.4 Å². The molecule has 2 aromatic carbocycles. The van der Waals surface area contributed by atoms with Gasteiger partial charge in [0.25, 0.3) is 5.91 Å². The number of anilines is 1. The minimum absolute atomic E-state index is 0.128. The number of halogens is 1. The Bertz CT molecular complexity index is 1840. The third-order valence-corrected chi connectivity index (χ3v) is 10.5. The molecule has 10 nitrogen and oxygen atoms in total. The predicted octanol–water partition coefficient (Wildman–Crippen LogP) is 4.10. The standard InChI is InChI=1S/C29H31FN4O6S2/c1-31-29(35)27-24-15-23(20-7-6-14-34(17-20)42(38,39)18-22-8-4-5-13-32-22)25(33(2)41(3,36)37)16-26(24)40-28(27)19-9-11-21(30)12-10-19/h4-5,8-13,15-16,20H,6-7,14,17-18H2,1-3H3,(H,31,35)/t20-/m1/s1. The van der Waals surface area contributed by atoms with Crippen molar-refractivity contribution >= 4 is 42.6 Å². The highest BCUT2D eigenvalue weighted by molar-refractivity contribution is 7.92. The van der Waals surface area contributed by atoms with E-state index in [0.29, 0.717) is 47.3 Å². The number of carbonyl (C=O) groups is 1. The minimum Gasteiger partial charge on any atom is -0.455 e. The van der Waals surface area contributed by atoms with Crippen LogP contribution in [0.4, 0.5) is 10.1 Å². The van der Waals surface area contributed by atoms with Gasteiger partial charge in [0.05, 0.1) is 23.2 Å². The average Bonchev–Trinajstić information content (AvgIpc) is 3.34. The molecule has 1 atom stereocenters. The fourth-order valence-corrected chi connectivity index (χ4v) is 7.35. The minimum atomic E-state index is -3.72. The van der Waals surface area contributed by atoms with Crippen molar-refractivity contribution in [1.82, 2.24) is 14.6 Å². The molecule has 1 amide bonds. The van der Waals surface area contributed by atoms with Crippen LogP contribution in [0.25, 0.3) is 22.3 Å². The summed E-state index contributed by atoms with van der Waals surface area (Å²) in [6.07, 6.45) is 3.78. The lowest BCUT2D eigenvalue weighted by molar-refractivity contribution is 0.0964. The number of pyridine rings is 1. The molecular weight excluding hydrogens is 583 g/mol. The molecule has 0 bridgehead atoms. The molecular formula is C29H31FN4O6S2. The highest BCUT2D eigenvalue weighted by Crippen LogP contribution is 2.42. The van der Waals surface area contributed by atoms with E-state index in [1.807, 2.05) is 0 Å². The van der Waals surface area contributed by atoms with Gasteiger partial charge in [-0.05, 0) is 66.8 Å². The third kappa shape index (κ3) is 5.90. The van der Waals surface area contributed by atoms with E-state index in [2.05, 4.69) is 10.3 Å². The van der Waals surface area contributed by atoms with E-state index in [1.165, 1.54) is 42.7 Å². The first-order valence-electron chi connectivity index (χ1n) is 13.3. The number of piperidine rings is 1. The van der Waals surface area contributed by atoms with Crippen molar-refractivity contribution in [2.75, 3.05) is 37.7 Å². The first-order valence-corrected chi connectivity index (χ1v) is 16.7. The Hall–Kier alpha value is -3.81. The largest absolute Gasteiger partial charge is 0.455 e. The van der Waals surface area contributed by atoms with E-state index >= 15 is 0 Å². The molecule has 0 unspecified atom stereocenters. The number of furan rings is 1. The van der Waals surface area contributed by atoms with Gasteiger partial charge in [0.2, 0.25) is 20.0 Å². The SMILES string of the molecule is CNC(=O)c1c(-c2ccc(F)cc2)oc2cc(N(C)S(C)(=O)=O)c([C@@H]3CCCN(S(=O)(=O)Cc4ccccn4)C3)cc12. The number of fused-ring (bicyclic) bond motifs is 1. The second-order valence-electron chi connectivity index (χ2n) is 10.3. The van der Waals surface area contributed by atoms with Crippen LogP contribution in [0, 0.1) is 5.82 Å². The molecule has 1 saturated heterocycles. The summed E-state index contributed by atoms with van der Waals surface area (Å²) in [6.45, 7) is 0.457. The zero-order valence-electron chi connectivity index (χ0n) is 23.4. The molecule has 1 N–H and O–H groups in total. The second kappa shape index (κ2) is 11.5. The predicted molar refractivity (Wildman–Crippen MR) is 159 cm³/mol. The highest BCUT2D eigenvalue weighted by atomic mass is 32.2. The summed E-state index contributed by atoms with van der Waals surface area (Å²) in [5.41, 5.74) is 2.27. The van der Waals surface area contributed by atoms with Crippen LogP contribution >= 0.6 is 0 Å². The van der Waals surface area contributed by atoms with Crippen molar-refractivity contribution in [3.8, 4) is 11.3 Å². The maximum Gasteiger partial charge on any atom is 0.255 e. The monoisotopic (exact) mass is 614 g/mol. The highest BCUT2D eigenvalue weighted by Gasteiger charge is 2.34. The Morgan fingerprint density at radius 2 is 1.88 bits per heavy atom. The lowest BCUT2D eigenvalue weighted by Gasteiger charge is -2.34. The van der Waals surface area contributed by atoms with Crippen LogP contribution in [0.3, 0.4) is 0 Å². The molecule has 2 aromatic heterocycles. The quantitative estimate of drug-likeness (QED) is 0.316. The molecule has 5 rings (SSSR count). The van der Waals surface area contributed by atoms with Crippen molar-refractivity contribution in [1.29, 1.82) is 0 Å². The van der Waals surface area contributed by atoms with Gasteiger partial charge in [-0.25, -0.2) is 25.5 Å². The molecule has 1 fully saturated rings. The van der Waals surface area contributed by atoms with Gasteiger partial charge >= 0.3 is 0 Å². The summed E-state index contributed by atoms with van der Waals surface area (Å²) in [5, 5.41) is 3.05. The Labute approximate surface area is 244 Å². The number of nitrogens with zero attached hydrogens (tertiary/aromatic N) is 3. The first-order chi connectivity index (χ1) is 19.9. The zero-order valence-corrected chi connectivity index (χ0v) is 25.0. The van der Waals surface area contributed by atoms with Crippen LogP contribution in [0.15, 0.2) is 65.2 Å². The summed E-state index contributed by atoms with van der Waals surface area (Å²) >= 11 is 0. The van der Waals surface area contributed by atoms with Crippen LogP contribution in [-0.4, -0.2) is 65.5 Å². The maximum absolute atomic E-state index is 13.7. The second-order valence-corrected chi connectivity index (χ2v) is 14.3. The van der Waals surface area contributed by atoms with E-state index in [1.54, 1.807) is 36.5 Å². The van der Waals surface area contributed by atoms with Crippen LogP contribution in [0.2, 0.25) is 0 Å². The number of aromatic nitrogens is 1. The number of benzene rings is 2. The van der Waals surface area contributed by atoms with Crippen LogP contribution in [0.1, 0.15) is 40.4 Å². The summed E-state index contributed by atoms with van der Waals surface area (Å²) in [5.74, 6) is -1.30. The average molecular weight is 615 g/mol. The van der Waals surface area contributed by atoms with Crippen LogP contribution < -0.4 is 9.62 Å². The number of hydrogen-bond donors (Lipinski definition) is 1. The molecule has 1 aliphatic heterocycles. The fourth-order valence-electron chi connectivity index (χ4n) is 5.29. The van der Waals surface area contributed by atoms with Gasteiger partial charge in [-0.3, -0.25) is 14.1 Å². The Kier molecular flexibility index (Phi) is 8.10. The van der Waals surface area contributed by atoms with Crippen molar-refractivity contribution < 1.29 is 30.4 Å². The number of hydrogen-bond acceptors (Lipinski definition) is 7. The smallest absolute Gasteiger partial charge is 0.255 e. The molecule has 0 saturated carbocycles. The molecule has 13 heteroatoms. The number of rotatable bonds is 8. The molecule has 0 spiro atoms. The summed E-state index contributed by atoms with van der Waals surface area (Å²) in [7, 11) is -4.54. The van der Waals surface area contributed by atoms with Crippen molar-refractivity contribution in [2.45, 2.75) is 24.5 Å². The number of nitrogens with one attached hydrogen (secondary N) is 1. The van der Waals surface area contributed by atoms with Gasteiger partial charge < -0.3 is 9.73 Å². The molecule has 0 radical (unpaired) electrons. The lowest BCUT2D eigenvalue weighted by Crippen LogP contribution is -2.40. The fraction of sp³-hybridized carbons (Fsp3) is 0.310. The van der Waals surface area contributed by atoms with Crippen molar-refractivity contribution in [2.24, 2.45) is 0 Å². The summed E-state index contributed by atoms with van der Waals surface area (Å²) in [6, 6.07) is 13.9. The Balaban J connectivity index is 1.64. The Morgan fingerprint density at radius 3 is 2.52 bits per heavy atom. The maximum atomic E-state index is 13.7. The lowest BCUT2D eigenvalue weighted by atomic mass is 9.89. The van der Waals surface area contributed by atoms with E-state index in [9.17, 15) is 26.0 Å². The van der Waals surface area contributed by atoms with Crippen molar-refractivity contribution in [3.05, 3.63) is 83.4 Å². The van der Waals surface area contributed by atoms with E-state index in [0.717, 1.165) is 10.6 Å². The first kappa shape index (κ1) is 29.7. The third-order valence-electron chi connectivity index (χ3n) is 7.51. The topological polar surface area (TPSA) is 130 Å². The van der Waals surface area contributed by atoms with Gasteiger partial charge in [0.15, 0.2) is 0 Å². The van der Waals surface area contributed by atoms with Gasteiger partial charge in [-0.15, -0.1) is 0 Å². The summed E-state index contributed by atoms with van der Waals surface area (Å²) < 4.78 is 74.5. The van der Waals surface area contributed by atoms with E-state index in [4.69, 9.17) is 4.42 Å². The van der Waals surface area contributed by atoms with Crippen molar-refractivity contribution in [3.63, 3.8) is 0 Å². The summed E-state index contributed by atoms with van der Waals surface area (Å²) in [4.78, 5) is 17.3.